The summed E-state index contributed by atoms with van der Waals surface area (Å²) in [5.41, 5.74) is 2.78. The summed E-state index contributed by atoms with van der Waals surface area (Å²) in [6, 6.07) is 21.4. The lowest BCUT2D eigenvalue weighted by molar-refractivity contribution is -0.134. The Kier molecular flexibility index (Phi) is 7.23. The van der Waals surface area contributed by atoms with E-state index in [0.717, 1.165) is 11.1 Å². The van der Waals surface area contributed by atoms with Gasteiger partial charge in [0.05, 0.1) is 32.5 Å². The molecule has 0 aliphatic carbocycles. The SMILES string of the molecule is COc1ccc(OC)c(C2CC(c3ccccc3F)=NN2C(=O)CN(C)Cc2ccccc2)c1. The second kappa shape index (κ2) is 10.5. The third-order valence-electron chi connectivity index (χ3n) is 5.85. The Labute approximate surface area is 199 Å². The predicted octanol–water partition coefficient (Wildman–Crippen LogP) is 4.65. The number of ether oxygens (including phenoxy) is 2. The Bertz CT molecular complexity index is 1180. The predicted molar refractivity (Wildman–Crippen MR) is 129 cm³/mol. The molecule has 34 heavy (non-hydrogen) atoms. The van der Waals surface area contributed by atoms with Crippen molar-refractivity contribution in [2.24, 2.45) is 5.10 Å². The molecular formula is C27H28FN3O3. The van der Waals surface area contributed by atoms with Crippen LogP contribution in [0.5, 0.6) is 11.5 Å². The number of hydrogen-bond acceptors (Lipinski definition) is 5. The van der Waals surface area contributed by atoms with E-state index >= 15 is 0 Å². The average Bonchev–Trinajstić information content (AvgIpc) is 3.29. The Balaban J connectivity index is 1.65. The van der Waals surface area contributed by atoms with Crippen LogP contribution in [-0.2, 0) is 11.3 Å². The maximum Gasteiger partial charge on any atom is 0.257 e. The lowest BCUT2D eigenvalue weighted by Gasteiger charge is -2.26. The van der Waals surface area contributed by atoms with Crippen molar-refractivity contribution in [2.75, 3.05) is 27.8 Å². The standard InChI is InChI=1S/C27H28FN3O3/c1-30(17-19-9-5-4-6-10-19)18-27(32)31-25(22-15-20(33-2)13-14-26(22)34-3)16-24(29-31)21-11-7-8-12-23(21)28/h4-15,25H,16-18H2,1-3H3. The second-order valence-electron chi connectivity index (χ2n) is 8.25. The molecule has 1 atom stereocenters. The molecule has 1 unspecified atom stereocenters. The first-order chi connectivity index (χ1) is 16.5. The third-order valence-corrected chi connectivity index (χ3v) is 5.85. The molecule has 0 radical (unpaired) electrons. The molecule has 4 rings (SSSR count). The maximum atomic E-state index is 14.6. The molecule has 0 aromatic heterocycles. The highest BCUT2D eigenvalue weighted by molar-refractivity contribution is 6.03. The van der Waals surface area contributed by atoms with Gasteiger partial charge in [0.1, 0.15) is 17.3 Å². The lowest BCUT2D eigenvalue weighted by Crippen LogP contribution is -2.36. The molecular weight excluding hydrogens is 433 g/mol. The van der Waals surface area contributed by atoms with E-state index < -0.39 is 6.04 Å². The maximum absolute atomic E-state index is 14.6. The molecule has 1 amide bonds. The molecule has 0 spiro atoms. The normalized spacial score (nSPS) is 15.4. The van der Waals surface area contributed by atoms with Gasteiger partial charge >= 0.3 is 0 Å². The molecule has 7 heteroatoms. The summed E-state index contributed by atoms with van der Waals surface area (Å²) >= 11 is 0. The van der Waals surface area contributed by atoms with Crippen molar-refractivity contribution in [3.8, 4) is 11.5 Å². The summed E-state index contributed by atoms with van der Waals surface area (Å²) in [7, 11) is 5.06. The number of hydrogen-bond donors (Lipinski definition) is 0. The van der Waals surface area contributed by atoms with E-state index in [1.807, 2.05) is 48.3 Å². The Morgan fingerprint density at radius 2 is 1.79 bits per heavy atom. The number of methoxy groups -OCH3 is 2. The minimum Gasteiger partial charge on any atom is -0.497 e. The van der Waals surface area contributed by atoms with Gasteiger partial charge in [-0.05, 0) is 36.9 Å². The number of nitrogens with zero attached hydrogens (tertiary/aromatic N) is 3. The topological polar surface area (TPSA) is 54.4 Å². The minimum atomic E-state index is -0.447. The first kappa shape index (κ1) is 23.4. The Morgan fingerprint density at radius 3 is 2.50 bits per heavy atom. The number of halogens is 1. The van der Waals surface area contributed by atoms with Gasteiger partial charge in [0.25, 0.3) is 5.91 Å². The van der Waals surface area contributed by atoms with Crippen LogP contribution >= 0.6 is 0 Å². The second-order valence-corrected chi connectivity index (χ2v) is 8.25. The van der Waals surface area contributed by atoms with Gasteiger partial charge in [-0.1, -0.05) is 48.5 Å². The Hall–Kier alpha value is -3.71. The van der Waals surface area contributed by atoms with E-state index in [2.05, 4.69) is 5.10 Å². The molecule has 0 N–H and O–H groups in total. The number of carbonyl (C=O) groups excluding carboxylic acids is 1. The van der Waals surface area contributed by atoms with E-state index in [4.69, 9.17) is 9.47 Å². The number of benzene rings is 3. The minimum absolute atomic E-state index is 0.158. The van der Waals surface area contributed by atoms with E-state index in [0.29, 0.717) is 35.7 Å². The number of amides is 1. The van der Waals surface area contributed by atoms with Gasteiger partial charge in [-0.25, -0.2) is 9.40 Å². The molecule has 3 aromatic rings. The molecule has 0 saturated heterocycles. The fourth-order valence-corrected chi connectivity index (χ4v) is 4.19. The zero-order valence-electron chi connectivity index (χ0n) is 19.6. The fraction of sp³-hybridized carbons (Fsp3) is 0.259. The van der Waals surface area contributed by atoms with Crippen LogP contribution in [-0.4, -0.2) is 49.3 Å². The van der Waals surface area contributed by atoms with Crippen LogP contribution in [0.1, 0.15) is 29.2 Å². The highest BCUT2D eigenvalue weighted by Gasteiger charge is 2.36. The van der Waals surface area contributed by atoms with Crippen LogP contribution < -0.4 is 9.47 Å². The fourth-order valence-electron chi connectivity index (χ4n) is 4.19. The van der Waals surface area contributed by atoms with Crippen LogP contribution in [0.15, 0.2) is 77.9 Å². The van der Waals surface area contributed by atoms with Gasteiger partial charge < -0.3 is 9.47 Å². The van der Waals surface area contributed by atoms with E-state index in [9.17, 15) is 9.18 Å². The van der Waals surface area contributed by atoms with Crippen LogP contribution in [0.4, 0.5) is 4.39 Å². The van der Waals surface area contributed by atoms with Gasteiger partial charge in [-0.2, -0.15) is 5.10 Å². The summed E-state index contributed by atoms with van der Waals surface area (Å²) in [5.74, 6) is 0.711. The van der Waals surface area contributed by atoms with Crippen molar-refractivity contribution in [3.05, 3.63) is 95.3 Å². The van der Waals surface area contributed by atoms with E-state index in [1.165, 1.54) is 11.1 Å². The molecule has 176 valence electrons. The quantitative estimate of drug-likeness (QED) is 0.490. The molecule has 0 fully saturated rings. The smallest absolute Gasteiger partial charge is 0.257 e. The lowest BCUT2D eigenvalue weighted by atomic mass is 9.97. The molecule has 1 heterocycles. The highest BCUT2D eigenvalue weighted by atomic mass is 19.1. The van der Waals surface area contributed by atoms with Gasteiger partial charge in [-0.3, -0.25) is 9.69 Å². The number of carbonyl (C=O) groups is 1. The average molecular weight is 462 g/mol. The first-order valence-electron chi connectivity index (χ1n) is 11.1. The summed E-state index contributed by atoms with van der Waals surface area (Å²) in [5, 5.41) is 6.06. The van der Waals surface area contributed by atoms with Crippen LogP contribution in [0, 0.1) is 5.82 Å². The Morgan fingerprint density at radius 1 is 1.06 bits per heavy atom. The van der Waals surface area contributed by atoms with Crippen molar-refractivity contribution in [3.63, 3.8) is 0 Å². The molecule has 0 saturated carbocycles. The number of rotatable bonds is 8. The van der Waals surface area contributed by atoms with Crippen molar-refractivity contribution in [1.82, 2.24) is 9.91 Å². The monoisotopic (exact) mass is 461 g/mol. The van der Waals surface area contributed by atoms with Gasteiger partial charge in [0.15, 0.2) is 0 Å². The molecule has 0 bridgehead atoms. The molecule has 1 aliphatic rings. The van der Waals surface area contributed by atoms with Crippen molar-refractivity contribution in [1.29, 1.82) is 0 Å². The summed E-state index contributed by atoms with van der Waals surface area (Å²) in [4.78, 5) is 15.4. The van der Waals surface area contributed by atoms with Crippen molar-refractivity contribution in [2.45, 2.75) is 19.0 Å². The van der Waals surface area contributed by atoms with E-state index in [1.54, 1.807) is 44.6 Å². The molecule has 6 nitrogen and oxygen atoms in total. The number of hydrazone groups is 1. The zero-order valence-corrected chi connectivity index (χ0v) is 19.6. The van der Waals surface area contributed by atoms with Gasteiger partial charge in [-0.15, -0.1) is 0 Å². The highest BCUT2D eigenvalue weighted by Crippen LogP contribution is 2.39. The van der Waals surface area contributed by atoms with Gasteiger partial charge in [0, 0.05) is 24.1 Å². The van der Waals surface area contributed by atoms with Crippen molar-refractivity contribution < 1.29 is 18.7 Å². The summed E-state index contributed by atoms with van der Waals surface area (Å²) in [6.07, 6.45) is 0.360. The molecule has 3 aromatic carbocycles. The van der Waals surface area contributed by atoms with Gasteiger partial charge in [0.2, 0.25) is 0 Å². The molecule has 1 aliphatic heterocycles. The van der Waals surface area contributed by atoms with Crippen LogP contribution in [0.25, 0.3) is 0 Å². The van der Waals surface area contributed by atoms with Crippen LogP contribution in [0.3, 0.4) is 0 Å². The van der Waals surface area contributed by atoms with Crippen molar-refractivity contribution >= 4 is 11.6 Å². The van der Waals surface area contributed by atoms with Crippen LogP contribution in [0.2, 0.25) is 0 Å². The largest absolute Gasteiger partial charge is 0.497 e. The third kappa shape index (κ3) is 5.10. The number of likely N-dealkylation sites (N-methyl/N-ethyl adjacent to an activating group) is 1. The summed E-state index contributed by atoms with van der Waals surface area (Å²) in [6.45, 7) is 0.781. The van der Waals surface area contributed by atoms with E-state index in [-0.39, 0.29) is 18.3 Å². The zero-order chi connectivity index (χ0) is 24.1. The first-order valence-corrected chi connectivity index (χ1v) is 11.1. The summed E-state index contributed by atoms with van der Waals surface area (Å²) < 4.78 is 25.6.